The van der Waals surface area contributed by atoms with Gasteiger partial charge < -0.3 is 5.32 Å². The van der Waals surface area contributed by atoms with Gasteiger partial charge in [-0.1, -0.05) is 36.7 Å². The summed E-state index contributed by atoms with van der Waals surface area (Å²) in [5.41, 5.74) is 1.22. The van der Waals surface area contributed by atoms with Crippen molar-refractivity contribution in [3.8, 4) is 0 Å². The lowest BCUT2D eigenvalue weighted by Crippen LogP contribution is -2.36. The third kappa shape index (κ3) is 2.95. The van der Waals surface area contributed by atoms with Crippen LogP contribution in [0.15, 0.2) is 29.3 Å². The maximum Gasteiger partial charge on any atom is 0.269 e. The SMILES string of the molecule is O=[N+]([O-])c1ccc(CSC2=N[C@@H]3CCCC[C@@H]3N2)cc1. The molecule has 1 fully saturated rings. The van der Waals surface area contributed by atoms with Gasteiger partial charge in [-0.2, -0.15) is 0 Å². The van der Waals surface area contributed by atoms with Gasteiger partial charge in [0.1, 0.15) is 0 Å². The number of aliphatic imine (C=N–C) groups is 1. The quantitative estimate of drug-likeness (QED) is 0.686. The van der Waals surface area contributed by atoms with E-state index in [1.54, 1.807) is 23.9 Å². The van der Waals surface area contributed by atoms with E-state index in [0.717, 1.165) is 16.5 Å². The lowest BCUT2D eigenvalue weighted by Gasteiger charge is -2.23. The molecule has 0 bridgehead atoms. The average Bonchev–Trinajstić information content (AvgIpc) is 2.88. The third-order valence-electron chi connectivity index (χ3n) is 3.84. The number of nitro groups is 1. The van der Waals surface area contributed by atoms with Gasteiger partial charge in [-0.05, 0) is 18.4 Å². The Morgan fingerprint density at radius 3 is 2.75 bits per heavy atom. The van der Waals surface area contributed by atoms with E-state index in [1.165, 1.54) is 25.7 Å². The molecule has 1 aliphatic heterocycles. The molecule has 20 heavy (non-hydrogen) atoms. The molecule has 1 heterocycles. The molecular formula is C14H17N3O2S. The molecule has 5 nitrogen and oxygen atoms in total. The van der Waals surface area contributed by atoms with Crippen molar-refractivity contribution in [3.63, 3.8) is 0 Å². The number of thioether (sulfide) groups is 1. The van der Waals surface area contributed by atoms with E-state index in [2.05, 4.69) is 5.32 Å². The molecule has 1 N–H and O–H groups in total. The second kappa shape index (κ2) is 5.83. The minimum absolute atomic E-state index is 0.140. The van der Waals surface area contributed by atoms with E-state index in [-0.39, 0.29) is 10.6 Å². The number of nitro benzene ring substituents is 1. The highest BCUT2D eigenvalue weighted by molar-refractivity contribution is 8.13. The third-order valence-corrected chi connectivity index (χ3v) is 4.82. The second-order valence-corrected chi connectivity index (χ2v) is 6.21. The zero-order valence-electron chi connectivity index (χ0n) is 11.1. The van der Waals surface area contributed by atoms with Crippen LogP contribution in [-0.4, -0.2) is 22.2 Å². The molecule has 1 aromatic carbocycles. The summed E-state index contributed by atoms with van der Waals surface area (Å²) < 4.78 is 0. The molecule has 6 heteroatoms. The molecule has 2 atom stereocenters. The van der Waals surface area contributed by atoms with Crippen molar-refractivity contribution in [2.75, 3.05) is 0 Å². The van der Waals surface area contributed by atoms with Crippen LogP contribution >= 0.6 is 11.8 Å². The standard InChI is InChI=1S/C14H17N3O2S/c18-17(19)11-7-5-10(6-8-11)9-20-14-15-12-3-1-2-4-13(12)16-14/h5-8,12-13H,1-4,9H2,(H,15,16)/t12-,13+. The molecule has 0 unspecified atom stereocenters. The lowest BCUT2D eigenvalue weighted by molar-refractivity contribution is -0.384. The largest absolute Gasteiger partial charge is 0.360 e. The summed E-state index contributed by atoms with van der Waals surface area (Å²) in [7, 11) is 0. The van der Waals surface area contributed by atoms with Gasteiger partial charge in [0.05, 0.1) is 17.0 Å². The summed E-state index contributed by atoms with van der Waals surface area (Å²) in [5, 5.41) is 15.1. The first-order valence-electron chi connectivity index (χ1n) is 6.93. The van der Waals surface area contributed by atoms with Gasteiger partial charge in [-0.25, -0.2) is 0 Å². The maximum atomic E-state index is 10.6. The van der Waals surface area contributed by atoms with E-state index >= 15 is 0 Å². The molecule has 1 aliphatic carbocycles. The average molecular weight is 291 g/mol. The number of amidine groups is 1. The van der Waals surface area contributed by atoms with Crippen molar-refractivity contribution >= 4 is 22.6 Å². The van der Waals surface area contributed by atoms with Crippen molar-refractivity contribution in [3.05, 3.63) is 39.9 Å². The maximum absolute atomic E-state index is 10.6. The molecular weight excluding hydrogens is 274 g/mol. The molecule has 1 aromatic rings. The minimum atomic E-state index is -0.371. The van der Waals surface area contributed by atoms with Crippen molar-refractivity contribution in [2.45, 2.75) is 43.5 Å². The topological polar surface area (TPSA) is 67.5 Å². The summed E-state index contributed by atoms with van der Waals surface area (Å²) in [5.74, 6) is 0.795. The Kier molecular flexibility index (Phi) is 3.91. The van der Waals surface area contributed by atoms with Gasteiger partial charge in [0, 0.05) is 17.9 Å². The molecule has 2 aliphatic rings. The molecule has 3 rings (SSSR count). The summed E-state index contributed by atoms with van der Waals surface area (Å²) in [6.45, 7) is 0. The first-order chi connectivity index (χ1) is 9.72. The van der Waals surface area contributed by atoms with Crippen LogP contribution in [0, 0.1) is 10.1 Å². The molecule has 0 aromatic heterocycles. The van der Waals surface area contributed by atoms with Crippen LogP contribution in [0.3, 0.4) is 0 Å². The number of fused-ring (bicyclic) bond motifs is 1. The number of hydrogen-bond acceptors (Lipinski definition) is 5. The van der Waals surface area contributed by atoms with Gasteiger partial charge in [0.25, 0.3) is 5.69 Å². The second-order valence-electron chi connectivity index (χ2n) is 5.25. The minimum Gasteiger partial charge on any atom is -0.360 e. The summed E-state index contributed by atoms with van der Waals surface area (Å²) in [6.07, 6.45) is 4.99. The summed E-state index contributed by atoms with van der Waals surface area (Å²) in [6, 6.07) is 7.73. The first-order valence-corrected chi connectivity index (χ1v) is 7.91. The zero-order valence-corrected chi connectivity index (χ0v) is 11.9. The molecule has 0 spiro atoms. The monoisotopic (exact) mass is 291 g/mol. The number of non-ortho nitro benzene ring substituents is 1. The fourth-order valence-electron chi connectivity index (χ4n) is 2.73. The fraction of sp³-hybridized carbons (Fsp3) is 0.500. The Morgan fingerprint density at radius 2 is 2.05 bits per heavy atom. The van der Waals surface area contributed by atoms with Gasteiger partial charge in [-0.3, -0.25) is 15.1 Å². The molecule has 1 saturated carbocycles. The molecule has 106 valence electrons. The van der Waals surface area contributed by atoms with Crippen LogP contribution in [0.1, 0.15) is 31.2 Å². The normalized spacial score (nSPS) is 24.7. The predicted octanol–water partition coefficient (Wildman–Crippen LogP) is 3.10. The Hall–Kier alpha value is -1.56. The van der Waals surface area contributed by atoms with Crippen LogP contribution in [0.2, 0.25) is 0 Å². The fourth-order valence-corrected chi connectivity index (χ4v) is 3.67. The van der Waals surface area contributed by atoms with Crippen molar-refractivity contribution in [1.29, 1.82) is 0 Å². The van der Waals surface area contributed by atoms with E-state index in [4.69, 9.17) is 4.99 Å². The summed E-state index contributed by atoms with van der Waals surface area (Å²) >= 11 is 1.69. The first kappa shape index (κ1) is 13.4. The molecule has 0 radical (unpaired) electrons. The molecule has 0 saturated heterocycles. The Morgan fingerprint density at radius 1 is 1.30 bits per heavy atom. The lowest BCUT2D eigenvalue weighted by atomic mass is 9.92. The zero-order chi connectivity index (χ0) is 13.9. The predicted molar refractivity (Wildman–Crippen MR) is 81.0 cm³/mol. The van der Waals surface area contributed by atoms with Gasteiger partial charge in [-0.15, -0.1) is 0 Å². The van der Waals surface area contributed by atoms with Gasteiger partial charge >= 0.3 is 0 Å². The Labute approximate surface area is 122 Å². The van der Waals surface area contributed by atoms with E-state index in [1.807, 2.05) is 12.1 Å². The van der Waals surface area contributed by atoms with Crippen molar-refractivity contribution in [1.82, 2.24) is 5.32 Å². The van der Waals surface area contributed by atoms with Crippen molar-refractivity contribution < 1.29 is 4.92 Å². The van der Waals surface area contributed by atoms with Crippen LogP contribution < -0.4 is 5.32 Å². The van der Waals surface area contributed by atoms with Crippen molar-refractivity contribution in [2.24, 2.45) is 4.99 Å². The number of rotatable bonds is 3. The van der Waals surface area contributed by atoms with Crippen LogP contribution in [0.25, 0.3) is 0 Å². The smallest absolute Gasteiger partial charge is 0.269 e. The highest BCUT2D eigenvalue weighted by Crippen LogP contribution is 2.28. The number of nitrogens with one attached hydrogen (secondary N) is 1. The van der Waals surface area contributed by atoms with Gasteiger partial charge in [0.15, 0.2) is 5.17 Å². The van der Waals surface area contributed by atoms with E-state index in [0.29, 0.717) is 12.1 Å². The number of nitrogens with zero attached hydrogens (tertiary/aromatic N) is 2. The molecule has 0 amide bonds. The number of benzene rings is 1. The van der Waals surface area contributed by atoms with Crippen LogP contribution in [-0.2, 0) is 5.75 Å². The Balaban J connectivity index is 1.56. The Bertz CT molecular complexity index is 530. The van der Waals surface area contributed by atoms with E-state index < -0.39 is 0 Å². The number of hydrogen-bond donors (Lipinski definition) is 1. The summed E-state index contributed by atoms with van der Waals surface area (Å²) in [4.78, 5) is 15.0. The highest BCUT2D eigenvalue weighted by atomic mass is 32.2. The van der Waals surface area contributed by atoms with Crippen LogP contribution in [0.5, 0.6) is 0 Å². The van der Waals surface area contributed by atoms with Crippen LogP contribution in [0.4, 0.5) is 5.69 Å². The van der Waals surface area contributed by atoms with E-state index in [9.17, 15) is 10.1 Å². The van der Waals surface area contributed by atoms with Gasteiger partial charge in [0.2, 0.25) is 0 Å². The highest BCUT2D eigenvalue weighted by Gasteiger charge is 2.30.